The first-order valence-corrected chi connectivity index (χ1v) is 6.75. The minimum Gasteiger partial charge on any atom is -0.454 e. The predicted molar refractivity (Wildman–Crippen MR) is 77.4 cm³/mol. The molecule has 0 aromatic heterocycles. The second-order valence-corrected chi connectivity index (χ2v) is 4.82. The number of hydrazine groups is 1. The van der Waals surface area contributed by atoms with Crippen LogP contribution in [0.15, 0.2) is 48.5 Å². The van der Waals surface area contributed by atoms with Gasteiger partial charge in [0.05, 0.1) is 0 Å². The number of rotatable bonds is 5. The fourth-order valence-electron chi connectivity index (χ4n) is 2.18. The van der Waals surface area contributed by atoms with Gasteiger partial charge in [0, 0.05) is 12.6 Å². The van der Waals surface area contributed by atoms with Crippen LogP contribution in [0.5, 0.6) is 11.5 Å². The Kier molecular flexibility index (Phi) is 3.85. The number of nitrogens with one attached hydrogen (secondary N) is 2. The fourth-order valence-corrected chi connectivity index (χ4v) is 2.18. The summed E-state index contributed by atoms with van der Waals surface area (Å²) >= 11 is 0. The van der Waals surface area contributed by atoms with Gasteiger partial charge in [0.1, 0.15) is 0 Å². The maximum atomic E-state index is 5.37. The van der Waals surface area contributed by atoms with Crippen LogP contribution < -0.4 is 20.3 Å². The Labute approximate surface area is 118 Å². The van der Waals surface area contributed by atoms with E-state index in [2.05, 4.69) is 29.9 Å². The van der Waals surface area contributed by atoms with Crippen LogP contribution in [0, 0.1) is 0 Å². The maximum Gasteiger partial charge on any atom is 0.231 e. The number of hydrogen-bond acceptors (Lipinski definition) is 4. The maximum absolute atomic E-state index is 5.37. The van der Waals surface area contributed by atoms with Gasteiger partial charge in [0.2, 0.25) is 6.79 Å². The largest absolute Gasteiger partial charge is 0.454 e. The van der Waals surface area contributed by atoms with E-state index < -0.39 is 0 Å². The average molecular weight is 270 g/mol. The highest BCUT2D eigenvalue weighted by Crippen LogP contribution is 2.32. The zero-order chi connectivity index (χ0) is 13.8. The highest BCUT2D eigenvalue weighted by molar-refractivity contribution is 5.44. The highest BCUT2D eigenvalue weighted by atomic mass is 16.7. The fraction of sp³-hybridized carbons (Fsp3) is 0.250. The molecule has 1 aliphatic heterocycles. The van der Waals surface area contributed by atoms with Gasteiger partial charge >= 0.3 is 0 Å². The Morgan fingerprint density at radius 1 is 1.05 bits per heavy atom. The van der Waals surface area contributed by atoms with E-state index in [0.717, 1.165) is 23.6 Å². The molecule has 1 atom stereocenters. The average Bonchev–Trinajstić information content (AvgIpc) is 2.95. The van der Waals surface area contributed by atoms with E-state index in [1.807, 2.05) is 36.4 Å². The van der Waals surface area contributed by atoms with Gasteiger partial charge in [-0.15, -0.1) is 0 Å². The number of fused-ring (bicyclic) bond motifs is 1. The smallest absolute Gasteiger partial charge is 0.231 e. The van der Waals surface area contributed by atoms with Crippen molar-refractivity contribution in [3.05, 3.63) is 59.7 Å². The third-order valence-electron chi connectivity index (χ3n) is 3.35. The van der Waals surface area contributed by atoms with E-state index in [4.69, 9.17) is 9.47 Å². The van der Waals surface area contributed by atoms with Crippen LogP contribution in [-0.4, -0.2) is 6.79 Å². The lowest BCUT2D eigenvalue weighted by molar-refractivity contribution is 0.174. The minimum atomic E-state index is 0.255. The van der Waals surface area contributed by atoms with E-state index in [0.29, 0.717) is 6.79 Å². The van der Waals surface area contributed by atoms with Crippen molar-refractivity contribution in [1.29, 1.82) is 0 Å². The molecule has 1 unspecified atom stereocenters. The molecule has 0 saturated heterocycles. The Morgan fingerprint density at radius 2 is 1.85 bits per heavy atom. The van der Waals surface area contributed by atoms with Gasteiger partial charge in [0.15, 0.2) is 11.5 Å². The van der Waals surface area contributed by atoms with Crippen LogP contribution in [0.25, 0.3) is 0 Å². The van der Waals surface area contributed by atoms with Gasteiger partial charge in [0.25, 0.3) is 0 Å². The molecule has 104 valence electrons. The third-order valence-corrected chi connectivity index (χ3v) is 3.35. The lowest BCUT2D eigenvalue weighted by Crippen LogP contribution is -2.33. The first kappa shape index (κ1) is 13.0. The molecule has 4 nitrogen and oxygen atoms in total. The normalized spacial score (nSPS) is 14.2. The lowest BCUT2D eigenvalue weighted by Gasteiger charge is -2.15. The molecule has 1 aliphatic rings. The molecule has 0 spiro atoms. The Morgan fingerprint density at radius 3 is 2.70 bits per heavy atom. The number of ether oxygens (including phenoxy) is 2. The molecular weight excluding hydrogens is 252 g/mol. The molecular formula is C16H18N2O2. The van der Waals surface area contributed by atoms with Gasteiger partial charge < -0.3 is 9.47 Å². The summed E-state index contributed by atoms with van der Waals surface area (Å²) in [5, 5.41) is 0. The molecule has 0 saturated carbocycles. The zero-order valence-electron chi connectivity index (χ0n) is 11.4. The first-order chi connectivity index (χ1) is 9.83. The molecule has 0 fully saturated rings. The van der Waals surface area contributed by atoms with Crippen molar-refractivity contribution >= 4 is 0 Å². The zero-order valence-corrected chi connectivity index (χ0v) is 11.4. The monoisotopic (exact) mass is 270 g/mol. The second kappa shape index (κ2) is 5.94. The summed E-state index contributed by atoms with van der Waals surface area (Å²) in [6.07, 6.45) is 0. The molecule has 2 aromatic carbocycles. The third kappa shape index (κ3) is 2.92. The van der Waals surface area contributed by atoms with Crippen molar-refractivity contribution in [3.8, 4) is 11.5 Å². The molecule has 2 N–H and O–H groups in total. The molecule has 0 aliphatic carbocycles. The van der Waals surface area contributed by atoms with Crippen molar-refractivity contribution < 1.29 is 9.47 Å². The molecule has 2 aromatic rings. The van der Waals surface area contributed by atoms with Crippen LogP contribution >= 0.6 is 0 Å². The molecule has 20 heavy (non-hydrogen) atoms. The summed E-state index contributed by atoms with van der Waals surface area (Å²) in [6, 6.07) is 16.6. The van der Waals surface area contributed by atoms with E-state index in [-0.39, 0.29) is 6.04 Å². The lowest BCUT2D eigenvalue weighted by atomic mass is 10.1. The van der Waals surface area contributed by atoms with Crippen LogP contribution in [0.3, 0.4) is 0 Å². The van der Waals surface area contributed by atoms with Gasteiger partial charge in [-0.25, -0.2) is 0 Å². The molecule has 1 heterocycles. The molecule has 0 radical (unpaired) electrons. The molecule has 0 bridgehead atoms. The minimum absolute atomic E-state index is 0.255. The number of hydrogen-bond donors (Lipinski definition) is 2. The Balaban J connectivity index is 1.53. The number of benzene rings is 2. The van der Waals surface area contributed by atoms with Crippen LogP contribution in [0.1, 0.15) is 24.1 Å². The van der Waals surface area contributed by atoms with Crippen molar-refractivity contribution in [3.63, 3.8) is 0 Å². The predicted octanol–water partition coefficient (Wildman–Crippen LogP) is 2.77. The van der Waals surface area contributed by atoms with Crippen molar-refractivity contribution in [2.75, 3.05) is 6.79 Å². The molecule has 4 heteroatoms. The van der Waals surface area contributed by atoms with Crippen LogP contribution in [0.2, 0.25) is 0 Å². The summed E-state index contributed by atoms with van der Waals surface area (Å²) < 4.78 is 10.7. The Hall–Kier alpha value is -2.04. The van der Waals surface area contributed by atoms with Crippen molar-refractivity contribution in [2.24, 2.45) is 0 Å². The van der Waals surface area contributed by atoms with Gasteiger partial charge in [-0.2, -0.15) is 0 Å². The van der Waals surface area contributed by atoms with Crippen LogP contribution in [-0.2, 0) is 6.54 Å². The van der Waals surface area contributed by atoms with Gasteiger partial charge in [-0.3, -0.25) is 10.9 Å². The van der Waals surface area contributed by atoms with Gasteiger partial charge in [-0.05, 0) is 30.2 Å². The van der Waals surface area contributed by atoms with Crippen molar-refractivity contribution in [2.45, 2.75) is 19.5 Å². The highest BCUT2D eigenvalue weighted by Gasteiger charge is 2.13. The van der Waals surface area contributed by atoms with Crippen molar-refractivity contribution in [1.82, 2.24) is 10.9 Å². The summed E-state index contributed by atoms with van der Waals surface area (Å²) in [4.78, 5) is 0. The second-order valence-electron chi connectivity index (χ2n) is 4.82. The topological polar surface area (TPSA) is 42.5 Å². The summed E-state index contributed by atoms with van der Waals surface area (Å²) in [6.45, 7) is 3.17. The van der Waals surface area contributed by atoms with Crippen LogP contribution in [0.4, 0.5) is 0 Å². The molecule has 0 amide bonds. The Bertz CT molecular complexity index is 572. The quantitative estimate of drug-likeness (QED) is 0.820. The first-order valence-electron chi connectivity index (χ1n) is 6.75. The SMILES string of the molecule is CC(NNCc1ccc2c(c1)OCO2)c1ccccc1. The van der Waals surface area contributed by atoms with E-state index in [9.17, 15) is 0 Å². The standard InChI is InChI=1S/C16H18N2O2/c1-12(14-5-3-2-4-6-14)18-17-10-13-7-8-15-16(9-13)20-11-19-15/h2-9,12,17-18H,10-11H2,1H3. The van der Waals surface area contributed by atoms with E-state index in [1.54, 1.807) is 0 Å². The molecule has 3 rings (SSSR count). The van der Waals surface area contributed by atoms with Gasteiger partial charge in [-0.1, -0.05) is 36.4 Å². The summed E-state index contributed by atoms with van der Waals surface area (Å²) in [5.74, 6) is 1.64. The van der Waals surface area contributed by atoms with E-state index in [1.165, 1.54) is 5.56 Å². The summed E-state index contributed by atoms with van der Waals surface area (Å²) in [5.41, 5.74) is 8.95. The summed E-state index contributed by atoms with van der Waals surface area (Å²) in [7, 11) is 0. The van der Waals surface area contributed by atoms with E-state index >= 15 is 0 Å².